The highest BCUT2D eigenvalue weighted by molar-refractivity contribution is 6.39. The van der Waals surface area contributed by atoms with Crippen molar-refractivity contribution in [3.8, 4) is 0 Å². The Morgan fingerprint density at radius 3 is 2.19 bits per heavy atom. The molecule has 136 valence electrons. The van der Waals surface area contributed by atoms with Gasteiger partial charge in [-0.1, -0.05) is 23.7 Å². The molecule has 0 saturated heterocycles. The lowest BCUT2D eigenvalue weighted by Crippen LogP contribution is -2.32. The van der Waals surface area contributed by atoms with Gasteiger partial charge in [-0.05, 0) is 55.8 Å². The number of carbonyl (C=O) groups is 2. The summed E-state index contributed by atoms with van der Waals surface area (Å²) in [6, 6.07) is 14.2. The number of hydrogen-bond donors (Lipinski definition) is 2. The van der Waals surface area contributed by atoms with E-state index in [1.54, 1.807) is 24.3 Å². The number of anilines is 2. The van der Waals surface area contributed by atoms with Gasteiger partial charge in [-0.2, -0.15) is 5.10 Å². The molecule has 2 rings (SSSR count). The van der Waals surface area contributed by atoms with E-state index in [4.69, 9.17) is 11.6 Å². The Morgan fingerprint density at radius 2 is 1.62 bits per heavy atom. The summed E-state index contributed by atoms with van der Waals surface area (Å²) >= 11 is 5.77. The van der Waals surface area contributed by atoms with E-state index < -0.39 is 11.8 Å². The molecule has 0 heterocycles. The third kappa shape index (κ3) is 5.60. The summed E-state index contributed by atoms with van der Waals surface area (Å²) in [4.78, 5) is 25.8. The zero-order valence-corrected chi connectivity index (χ0v) is 15.5. The molecule has 0 aliphatic heterocycles. The van der Waals surface area contributed by atoms with Gasteiger partial charge in [-0.15, -0.1) is 0 Å². The predicted molar refractivity (Wildman–Crippen MR) is 106 cm³/mol. The summed E-state index contributed by atoms with van der Waals surface area (Å²) in [6.07, 6.45) is 1.49. The number of nitrogens with one attached hydrogen (secondary N) is 2. The van der Waals surface area contributed by atoms with Crippen LogP contribution >= 0.6 is 11.6 Å². The van der Waals surface area contributed by atoms with Gasteiger partial charge in [0.25, 0.3) is 0 Å². The highest BCUT2D eigenvalue weighted by atomic mass is 35.5. The average Bonchev–Trinajstić information content (AvgIpc) is 2.65. The standard InChI is InChI=1S/C19H21ClN4O2/c1-3-24(4-2)17-11-5-14(6-12-17)13-21-23-19(26)18(25)22-16-9-7-15(20)8-10-16/h5-13H,3-4H2,1-2H3,(H,22,25)(H,23,26)/b21-13+. The molecule has 0 radical (unpaired) electrons. The van der Waals surface area contributed by atoms with Crippen LogP contribution in [0.15, 0.2) is 53.6 Å². The molecule has 2 amide bonds. The van der Waals surface area contributed by atoms with Crippen LogP contribution in [-0.2, 0) is 9.59 Å². The molecule has 0 atom stereocenters. The monoisotopic (exact) mass is 372 g/mol. The van der Waals surface area contributed by atoms with Crippen molar-refractivity contribution < 1.29 is 9.59 Å². The largest absolute Gasteiger partial charge is 0.372 e. The first-order valence-corrected chi connectivity index (χ1v) is 8.66. The quantitative estimate of drug-likeness (QED) is 0.464. The van der Waals surface area contributed by atoms with Gasteiger partial charge in [0.15, 0.2) is 0 Å². The van der Waals surface area contributed by atoms with E-state index in [1.807, 2.05) is 24.3 Å². The van der Waals surface area contributed by atoms with Crippen LogP contribution in [-0.4, -0.2) is 31.1 Å². The number of benzene rings is 2. The molecule has 6 nitrogen and oxygen atoms in total. The molecular weight excluding hydrogens is 352 g/mol. The van der Waals surface area contributed by atoms with Crippen molar-refractivity contribution in [2.24, 2.45) is 5.10 Å². The van der Waals surface area contributed by atoms with E-state index in [0.29, 0.717) is 10.7 Å². The summed E-state index contributed by atoms with van der Waals surface area (Å²) < 4.78 is 0. The molecule has 0 unspecified atom stereocenters. The molecule has 0 aliphatic rings. The number of carbonyl (C=O) groups excluding carboxylic acids is 2. The van der Waals surface area contributed by atoms with E-state index in [2.05, 4.69) is 34.6 Å². The maximum absolute atomic E-state index is 11.8. The molecule has 2 aromatic carbocycles. The van der Waals surface area contributed by atoms with Gasteiger partial charge in [0.2, 0.25) is 0 Å². The third-order valence-corrected chi connectivity index (χ3v) is 3.96. The van der Waals surface area contributed by atoms with Crippen LogP contribution < -0.4 is 15.6 Å². The van der Waals surface area contributed by atoms with Gasteiger partial charge < -0.3 is 10.2 Å². The Balaban J connectivity index is 1.87. The number of halogens is 1. The Hall–Kier alpha value is -2.86. The molecule has 0 saturated carbocycles. The molecular formula is C19H21ClN4O2. The molecule has 2 aromatic rings. The first-order chi connectivity index (χ1) is 12.5. The number of amides is 2. The molecule has 0 fully saturated rings. The van der Waals surface area contributed by atoms with Crippen LogP contribution in [0.2, 0.25) is 5.02 Å². The zero-order valence-electron chi connectivity index (χ0n) is 14.7. The normalized spacial score (nSPS) is 10.6. The first-order valence-electron chi connectivity index (χ1n) is 8.28. The molecule has 0 aliphatic carbocycles. The Labute approximate surface area is 157 Å². The van der Waals surface area contributed by atoms with Crippen molar-refractivity contribution in [1.82, 2.24) is 5.43 Å². The fourth-order valence-electron chi connectivity index (χ4n) is 2.30. The summed E-state index contributed by atoms with van der Waals surface area (Å²) in [5, 5.41) is 6.82. The topological polar surface area (TPSA) is 73.8 Å². The van der Waals surface area contributed by atoms with E-state index in [1.165, 1.54) is 6.21 Å². The van der Waals surface area contributed by atoms with E-state index >= 15 is 0 Å². The van der Waals surface area contributed by atoms with Gasteiger partial charge >= 0.3 is 11.8 Å². The van der Waals surface area contributed by atoms with Crippen LogP contribution in [0.4, 0.5) is 11.4 Å². The van der Waals surface area contributed by atoms with Crippen molar-refractivity contribution in [3.05, 3.63) is 59.1 Å². The van der Waals surface area contributed by atoms with E-state index in [0.717, 1.165) is 24.3 Å². The molecule has 26 heavy (non-hydrogen) atoms. The Kier molecular flexibility index (Phi) is 7.17. The van der Waals surface area contributed by atoms with Crippen molar-refractivity contribution in [3.63, 3.8) is 0 Å². The Bertz CT molecular complexity index is 769. The van der Waals surface area contributed by atoms with E-state index in [9.17, 15) is 9.59 Å². The number of hydrazone groups is 1. The zero-order chi connectivity index (χ0) is 18.9. The molecule has 0 spiro atoms. The SMILES string of the molecule is CCN(CC)c1ccc(/C=N/NC(=O)C(=O)Nc2ccc(Cl)cc2)cc1. The minimum Gasteiger partial charge on any atom is -0.372 e. The van der Waals surface area contributed by atoms with Gasteiger partial charge in [0, 0.05) is 29.5 Å². The molecule has 2 N–H and O–H groups in total. The van der Waals surface area contributed by atoms with Gasteiger partial charge in [-0.25, -0.2) is 5.43 Å². The second-order valence-electron chi connectivity index (χ2n) is 5.42. The predicted octanol–water partition coefficient (Wildman–Crippen LogP) is 3.28. The molecule has 7 heteroatoms. The van der Waals surface area contributed by atoms with Crippen molar-refractivity contribution in [1.29, 1.82) is 0 Å². The third-order valence-electron chi connectivity index (χ3n) is 3.71. The fourth-order valence-corrected chi connectivity index (χ4v) is 2.42. The van der Waals surface area contributed by atoms with Gasteiger partial charge in [0.05, 0.1) is 6.21 Å². The fraction of sp³-hybridized carbons (Fsp3) is 0.211. The van der Waals surface area contributed by atoms with Crippen molar-refractivity contribution >= 4 is 41.0 Å². The average molecular weight is 373 g/mol. The highest BCUT2D eigenvalue weighted by Gasteiger charge is 2.12. The molecule has 0 aromatic heterocycles. The molecule has 0 bridgehead atoms. The lowest BCUT2D eigenvalue weighted by molar-refractivity contribution is -0.136. The minimum absolute atomic E-state index is 0.477. The van der Waals surface area contributed by atoms with Gasteiger partial charge in [0.1, 0.15) is 0 Å². The van der Waals surface area contributed by atoms with Crippen LogP contribution in [0.25, 0.3) is 0 Å². The second-order valence-corrected chi connectivity index (χ2v) is 5.86. The highest BCUT2D eigenvalue weighted by Crippen LogP contribution is 2.14. The lowest BCUT2D eigenvalue weighted by atomic mass is 10.2. The van der Waals surface area contributed by atoms with E-state index in [-0.39, 0.29) is 0 Å². The van der Waals surface area contributed by atoms with Crippen LogP contribution in [0.5, 0.6) is 0 Å². The maximum atomic E-state index is 11.8. The Morgan fingerprint density at radius 1 is 1.00 bits per heavy atom. The summed E-state index contributed by atoms with van der Waals surface area (Å²) in [7, 11) is 0. The van der Waals surface area contributed by atoms with Crippen molar-refractivity contribution in [2.75, 3.05) is 23.3 Å². The maximum Gasteiger partial charge on any atom is 0.329 e. The summed E-state index contributed by atoms with van der Waals surface area (Å²) in [5.74, 6) is -1.66. The van der Waals surface area contributed by atoms with Crippen LogP contribution in [0.1, 0.15) is 19.4 Å². The first kappa shape index (κ1) is 19.5. The minimum atomic E-state index is -0.851. The summed E-state index contributed by atoms with van der Waals surface area (Å²) in [5.41, 5.74) is 4.62. The smallest absolute Gasteiger partial charge is 0.329 e. The second kappa shape index (κ2) is 9.58. The van der Waals surface area contributed by atoms with Crippen molar-refractivity contribution in [2.45, 2.75) is 13.8 Å². The number of rotatable bonds is 6. The number of nitrogens with zero attached hydrogens (tertiary/aromatic N) is 2. The summed E-state index contributed by atoms with van der Waals surface area (Å²) in [6.45, 7) is 6.07. The lowest BCUT2D eigenvalue weighted by Gasteiger charge is -2.20. The number of hydrogen-bond acceptors (Lipinski definition) is 4. The van der Waals surface area contributed by atoms with Crippen LogP contribution in [0.3, 0.4) is 0 Å². The van der Waals surface area contributed by atoms with Crippen LogP contribution in [0, 0.1) is 0 Å². The van der Waals surface area contributed by atoms with Gasteiger partial charge in [-0.3, -0.25) is 9.59 Å².